The zero-order valence-corrected chi connectivity index (χ0v) is 31.0. The fourth-order valence-corrected chi connectivity index (χ4v) is 10.2. The van der Waals surface area contributed by atoms with Crippen LogP contribution in [0.3, 0.4) is 0 Å². The third-order valence-electron chi connectivity index (χ3n) is 10.7. The summed E-state index contributed by atoms with van der Waals surface area (Å²) in [6.07, 6.45) is 0. The minimum Gasteiger partial charge on any atom is -0.314 e. The molecule has 0 saturated carbocycles. The molecule has 5 heteroatoms. The third kappa shape index (κ3) is 5.79. The van der Waals surface area contributed by atoms with E-state index in [0.29, 0.717) is 17.5 Å². The largest absolute Gasteiger partial charge is 0.314 e. The molecule has 0 amide bonds. The molecule has 0 spiro atoms. The molecule has 0 fully saturated rings. The van der Waals surface area contributed by atoms with Crippen molar-refractivity contribution in [3.63, 3.8) is 0 Å². The molecule has 0 aliphatic carbocycles. The van der Waals surface area contributed by atoms with Crippen molar-refractivity contribution in [3.05, 3.63) is 188 Å². The van der Waals surface area contributed by atoms with E-state index >= 15 is 0 Å². The Hall–Kier alpha value is -6.74. The molecular weight excluding hydrogens is 690 g/mol. The van der Waals surface area contributed by atoms with Crippen LogP contribution in [0.15, 0.2) is 188 Å². The second-order valence-electron chi connectivity index (χ2n) is 14.1. The highest BCUT2D eigenvalue weighted by Gasteiger charge is 2.34. The topological polar surface area (TPSA) is 55.7 Å². The van der Waals surface area contributed by atoms with Crippen LogP contribution in [0.5, 0.6) is 0 Å². The van der Waals surface area contributed by atoms with Crippen LogP contribution in [-0.4, -0.2) is 21.6 Å². The lowest BCUT2D eigenvalue weighted by Crippen LogP contribution is -2.08. The van der Waals surface area contributed by atoms with Crippen molar-refractivity contribution in [1.29, 1.82) is 0 Å². The summed E-state index contributed by atoms with van der Waals surface area (Å²) < 4.78 is 14.3. The van der Waals surface area contributed by atoms with Gasteiger partial charge in [-0.1, -0.05) is 176 Å². The number of aromatic nitrogens is 3. The molecule has 260 valence electrons. The summed E-state index contributed by atoms with van der Waals surface area (Å²) in [5.41, 5.74) is 11.5. The van der Waals surface area contributed by atoms with Gasteiger partial charge in [0, 0.05) is 27.3 Å². The molecule has 1 aliphatic heterocycles. The first kappa shape index (κ1) is 32.9. The summed E-state index contributed by atoms with van der Waals surface area (Å²) in [5, 5.41) is 4.18. The molecule has 0 bridgehead atoms. The zero-order chi connectivity index (χ0) is 36.9. The summed E-state index contributed by atoms with van der Waals surface area (Å²) in [6, 6.07) is 64.8. The van der Waals surface area contributed by atoms with Crippen LogP contribution in [0.2, 0.25) is 0 Å². The molecule has 8 aromatic carbocycles. The molecule has 1 unspecified atom stereocenters. The van der Waals surface area contributed by atoms with Crippen LogP contribution >= 0.6 is 7.14 Å². The molecule has 0 N–H and O–H groups in total. The van der Waals surface area contributed by atoms with Crippen molar-refractivity contribution in [2.45, 2.75) is 0 Å². The lowest BCUT2D eigenvalue weighted by atomic mass is 9.89. The van der Waals surface area contributed by atoms with Crippen LogP contribution in [0.4, 0.5) is 0 Å². The number of fused-ring (bicyclic) bond motifs is 4. The Kier molecular flexibility index (Phi) is 7.94. The highest BCUT2D eigenvalue weighted by atomic mass is 31.2. The Morgan fingerprint density at radius 1 is 0.364 bits per heavy atom. The van der Waals surface area contributed by atoms with Gasteiger partial charge in [-0.05, 0) is 74.1 Å². The monoisotopic (exact) mass is 723 g/mol. The summed E-state index contributed by atoms with van der Waals surface area (Å²) in [6.45, 7) is 1.90. The van der Waals surface area contributed by atoms with E-state index in [1.807, 2.05) is 61.3 Å². The maximum Gasteiger partial charge on any atom is 0.164 e. The Bertz CT molecular complexity index is 2960. The number of rotatable bonds is 6. The van der Waals surface area contributed by atoms with Gasteiger partial charge in [0.1, 0.15) is 7.14 Å². The lowest BCUT2D eigenvalue weighted by Gasteiger charge is -2.16. The van der Waals surface area contributed by atoms with Crippen molar-refractivity contribution in [3.8, 4) is 78.7 Å². The standard InChI is InChI=1S/C50H34N3OP/c1-55(54)45-22-11-10-21-43(45)44-30-28-39(32-46(44)55)42-29-27-34-15-8-9-20-41(34)47(42)35-23-25-37(26-24-35)49-51-48(36-16-6-3-7-17-36)52-50(53-49)40-19-12-18-38(31-40)33-13-4-2-5-14-33/h2-32H,1H3. The van der Waals surface area contributed by atoms with E-state index in [0.717, 1.165) is 82.6 Å². The first-order valence-electron chi connectivity index (χ1n) is 18.4. The van der Waals surface area contributed by atoms with Gasteiger partial charge in [-0.3, -0.25) is 0 Å². The molecule has 2 heterocycles. The Labute approximate surface area is 320 Å². The van der Waals surface area contributed by atoms with Gasteiger partial charge in [-0.25, -0.2) is 15.0 Å². The second-order valence-corrected chi connectivity index (χ2v) is 16.9. The molecule has 1 atom stereocenters. The van der Waals surface area contributed by atoms with Crippen LogP contribution < -0.4 is 10.6 Å². The zero-order valence-electron chi connectivity index (χ0n) is 30.1. The van der Waals surface area contributed by atoms with Gasteiger partial charge < -0.3 is 4.57 Å². The van der Waals surface area contributed by atoms with Crippen molar-refractivity contribution in [2.75, 3.05) is 6.66 Å². The third-order valence-corrected chi connectivity index (χ3v) is 13.3. The van der Waals surface area contributed by atoms with Gasteiger partial charge in [0.15, 0.2) is 17.5 Å². The van der Waals surface area contributed by atoms with Gasteiger partial charge in [-0.2, -0.15) is 0 Å². The minimum absolute atomic E-state index is 0.607. The molecule has 1 aromatic heterocycles. The Morgan fingerprint density at radius 2 is 0.891 bits per heavy atom. The summed E-state index contributed by atoms with van der Waals surface area (Å²) in [4.78, 5) is 15.1. The minimum atomic E-state index is -2.74. The average Bonchev–Trinajstić information content (AvgIpc) is 3.49. The Morgan fingerprint density at radius 3 is 1.65 bits per heavy atom. The lowest BCUT2D eigenvalue weighted by molar-refractivity contribution is 0.591. The highest BCUT2D eigenvalue weighted by Crippen LogP contribution is 2.51. The van der Waals surface area contributed by atoms with Crippen molar-refractivity contribution >= 4 is 28.5 Å². The molecule has 1 aliphatic rings. The van der Waals surface area contributed by atoms with Crippen LogP contribution in [0.25, 0.3) is 89.4 Å². The highest BCUT2D eigenvalue weighted by molar-refractivity contribution is 7.79. The van der Waals surface area contributed by atoms with E-state index in [-0.39, 0.29) is 0 Å². The smallest absolute Gasteiger partial charge is 0.164 e. The Balaban J connectivity index is 1.09. The summed E-state index contributed by atoms with van der Waals surface area (Å²) in [7, 11) is -2.74. The van der Waals surface area contributed by atoms with E-state index in [2.05, 4.69) is 133 Å². The van der Waals surface area contributed by atoms with Gasteiger partial charge >= 0.3 is 0 Å². The number of hydrogen-bond donors (Lipinski definition) is 0. The molecule has 0 radical (unpaired) electrons. The molecule has 0 saturated heterocycles. The van der Waals surface area contributed by atoms with Crippen LogP contribution in [0, 0.1) is 0 Å². The van der Waals surface area contributed by atoms with Crippen molar-refractivity contribution in [2.24, 2.45) is 0 Å². The van der Waals surface area contributed by atoms with E-state index in [9.17, 15) is 4.57 Å². The van der Waals surface area contributed by atoms with Gasteiger partial charge in [0.25, 0.3) is 0 Å². The van der Waals surface area contributed by atoms with Crippen molar-refractivity contribution < 1.29 is 4.57 Å². The first-order valence-corrected chi connectivity index (χ1v) is 20.6. The van der Waals surface area contributed by atoms with Crippen LogP contribution in [0.1, 0.15) is 0 Å². The number of hydrogen-bond acceptors (Lipinski definition) is 4. The molecule has 55 heavy (non-hydrogen) atoms. The SMILES string of the molecule is CP1(=O)c2ccccc2-c2ccc(-c3ccc4ccccc4c3-c3ccc(-c4nc(-c5ccccc5)nc(-c5cccc(-c6ccccc6)c5)n4)cc3)cc21. The maximum absolute atomic E-state index is 14.3. The van der Waals surface area contributed by atoms with Crippen LogP contribution in [-0.2, 0) is 4.57 Å². The van der Waals surface area contributed by atoms with E-state index < -0.39 is 7.14 Å². The number of benzene rings is 8. The average molecular weight is 724 g/mol. The predicted molar refractivity (Wildman–Crippen MR) is 228 cm³/mol. The molecule has 4 nitrogen and oxygen atoms in total. The fraction of sp³-hybridized carbons (Fsp3) is 0.0200. The van der Waals surface area contributed by atoms with Gasteiger partial charge in [-0.15, -0.1) is 0 Å². The molecule has 10 rings (SSSR count). The first-order chi connectivity index (χ1) is 27.0. The van der Waals surface area contributed by atoms with Gasteiger partial charge in [0.2, 0.25) is 0 Å². The van der Waals surface area contributed by atoms with Crippen molar-refractivity contribution in [1.82, 2.24) is 15.0 Å². The maximum atomic E-state index is 14.3. The normalized spacial score (nSPS) is 14.4. The predicted octanol–water partition coefficient (Wildman–Crippen LogP) is 12.0. The fourth-order valence-electron chi connectivity index (χ4n) is 7.91. The molecule has 9 aromatic rings. The van der Waals surface area contributed by atoms with E-state index in [1.165, 1.54) is 0 Å². The summed E-state index contributed by atoms with van der Waals surface area (Å²) >= 11 is 0. The second kappa shape index (κ2) is 13.3. The number of nitrogens with zero attached hydrogens (tertiary/aromatic N) is 3. The summed E-state index contributed by atoms with van der Waals surface area (Å²) in [5.74, 6) is 1.85. The van der Waals surface area contributed by atoms with E-state index in [4.69, 9.17) is 15.0 Å². The quantitative estimate of drug-likeness (QED) is 0.160. The molecular formula is C50H34N3OP. The van der Waals surface area contributed by atoms with Gasteiger partial charge in [0.05, 0.1) is 0 Å². The van der Waals surface area contributed by atoms with E-state index in [1.54, 1.807) is 0 Å².